The van der Waals surface area contributed by atoms with E-state index in [-0.39, 0.29) is 18.9 Å². The number of primary amides is 1. The van der Waals surface area contributed by atoms with Crippen LogP contribution < -0.4 is 16.4 Å². The van der Waals surface area contributed by atoms with Crippen molar-refractivity contribution < 1.29 is 39.2 Å². The second-order valence-corrected chi connectivity index (χ2v) is 10.1. The van der Waals surface area contributed by atoms with Gasteiger partial charge in [-0.3, -0.25) is 19.2 Å². The highest BCUT2D eigenvalue weighted by Crippen LogP contribution is 2.36. The van der Waals surface area contributed by atoms with Gasteiger partial charge in [-0.15, -0.1) is 0 Å². The number of likely N-dealkylation sites (tertiary alicyclic amines) is 1. The second-order valence-electron chi connectivity index (χ2n) is 10.1. The molecule has 0 spiro atoms. The number of carbonyl (C=O) groups excluding carboxylic acids is 4. The molecule has 2 aliphatic heterocycles. The fourth-order valence-electron chi connectivity index (χ4n) is 4.58. The third-order valence-corrected chi connectivity index (χ3v) is 7.24. The summed E-state index contributed by atoms with van der Waals surface area (Å²) in [5.41, 5.74) is 5.71. The maximum absolute atomic E-state index is 13.0. The summed E-state index contributed by atoms with van der Waals surface area (Å²) >= 11 is 0. The van der Waals surface area contributed by atoms with Crippen molar-refractivity contribution in [1.82, 2.24) is 15.5 Å². The normalized spacial score (nSPS) is 29.4. The van der Waals surface area contributed by atoms with Crippen molar-refractivity contribution in [2.24, 2.45) is 23.5 Å². The number of carbonyl (C=O) groups is 4. The minimum atomic E-state index is -2.11. The van der Waals surface area contributed by atoms with Crippen LogP contribution in [-0.4, -0.2) is 87.1 Å². The van der Waals surface area contributed by atoms with Gasteiger partial charge in [0.05, 0.1) is 24.7 Å². The van der Waals surface area contributed by atoms with Gasteiger partial charge in [-0.2, -0.15) is 0 Å². The summed E-state index contributed by atoms with van der Waals surface area (Å²) in [5.74, 6) is -6.08. The van der Waals surface area contributed by atoms with Crippen molar-refractivity contribution in [3.8, 4) is 0 Å². The van der Waals surface area contributed by atoms with Gasteiger partial charge in [0.25, 0.3) is 5.91 Å². The van der Waals surface area contributed by atoms with Gasteiger partial charge in [0.2, 0.25) is 23.5 Å². The number of aliphatic hydroxyl groups excluding tert-OH is 2. The number of aliphatic hydroxyl groups is 3. The maximum Gasteiger partial charge on any atom is 0.258 e. The second kappa shape index (κ2) is 12.6. The maximum atomic E-state index is 13.0. The Kier molecular flexibility index (Phi) is 10.4. The Labute approximate surface area is 216 Å². The highest BCUT2D eigenvalue weighted by Gasteiger charge is 2.47. The van der Waals surface area contributed by atoms with Crippen molar-refractivity contribution in [2.75, 3.05) is 13.1 Å². The highest BCUT2D eigenvalue weighted by atomic mass is 16.6. The number of hydrogen-bond donors (Lipinski definition) is 6. The summed E-state index contributed by atoms with van der Waals surface area (Å²) in [7, 11) is 0. The van der Waals surface area contributed by atoms with Gasteiger partial charge in [0, 0.05) is 31.0 Å². The minimum Gasteiger partial charge on any atom is -0.392 e. The zero-order chi connectivity index (χ0) is 28.1. The van der Waals surface area contributed by atoms with Crippen molar-refractivity contribution in [1.29, 1.82) is 0 Å². The summed E-state index contributed by atoms with van der Waals surface area (Å²) in [6.45, 7) is 10.7. The fourth-order valence-corrected chi connectivity index (χ4v) is 4.58. The van der Waals surface area contributed by atoms with E-state index in [1.54, 1.807) is 20.8 Å². The van der Waals surface area contributed by atoms with Crippen LogP contribution in [0.4, 0.5) is 0 Å². The van der Waals surface area contributed by atoms with E-state index in [2.05, 4.69) is 17.2 Å². The Balaban J connectivity index is 1.93. The van der Waals surface area contributed by atoms with Crippen molar-refractivity contribution in [3.63, 3.8) is 0 Å². The monoisotopic (exact) mass is 524 g/mol. The number of rotatable bonds is 10. The lowest BCUT2D eigenvalue weighted by atomic mass is 9.86. The summed E-state index contributed by atoms with van der Waals surface area (Å²) < 4.78 is 5.49. The van der Waals surface area contributed by atoms with Crippen LogP contribution in [0.1, 0.15) is 47.0 Å². The van der Waals surface area contributed by atoms with Crippen LogP contribution in [0.15, 0.2) is 24.4 Å². The first-order valence-electron chi connectivity index (χ1n) is 12.5. The standard InChI is InChI=1S/C25H40N4O8/c1-13(8-9-27-23(34)21(32)25(36)11-14(2)15(3)17(5)37-25)20(31)16(4)24(35)29-10-6-7-18(29)22(33)28-12-19(26)30/h8-9,13,15-18,20-21,31-32,36H,2,6-7,10-12H2,1,3-5H3,(H2,26,30)(H,27,34)(H,28,33)/b9-8+/t13?,15-,16?,17-,18+,20-,21-,25-/m1/s1. The van der Waals surface area contributed by atoms with E-state index in [0.29, 0.717) is 25.0 Å². The van der Waals surface area contributed by atoms with E-state index < -0.39 is 65.6 Å². The number of hydrogen-bond acceptors (Lipinski definition) is 8. The number of ether oxygens (including phenoxy) is 1. The molecule has 2 rings (SSSR count). The molecule has 0 aromatic heterocycles. The predicted molar refractivity (Wildman–Crippen MR) is 133 cm³/mol. The average molecular weight is 525 g/mol. The molecule has 7 N–H and O–H groups in total. The Bertz CT molecular complexity index is 924. The van der Waals surface area contributed by atoms with Crippen molar-refractivity contribution >= 4 is 23.6 Å². The molecule has 2 saturated heterocycles. The fraction of sp³-hybridized carbons (Fsp3) is 0.680. The molecule has 0 bridgehead atoms. The third kappa shape index (κ3) is 7.37. The molecule has 208 valence electrons. The zero-order valence-electron chi connectivity index (χ0n) is 21.8. The number of nitrogens with zero attached hydrogens (tertiary/aromatic N) is 1. The van der Waals surface area contributed by atoms with Gasteiger partial charge in [-0.25, -0.2) is 0 Å². The van der Waals surface area contributed by atoms with Gasteiger partial charge in [0.15, 0.2) is 6.10 Å². The summed E-state index contributed by atoms with van der Waals surface area (Å²) in [6, 6.07) is -0.747. The zero-order valence-corrected chi connectivity index (χ0v) is 21.8. The predicted octanol–water partition coefficient (Wildman–Crippen LogP) is -1.11. The molecule has 2 aliphatic rings. The molecule has 12 heteroatoms. The van der Waals surface area contributed by atoms with Crippen LogP contribution in [0.2, 0.25) is 0 Å². The van der Waals surface area contributed by atoms with E-state index in [1.165, 1.54) is 17.2 Å². The molecule has 0 aliphatic carbocycles. The first kappa shape index (κ1) is 30.4. The van der Waals surface area contributed by atoms with Crippen LogP contribution in [-0.2, 0) is 23.9 Å². The van der Waals surface area contributed by atoms with Gasteiger partial charge >= 0.3 is 0 Å². The molecule has 0 radical (unpaired) electrons. The molecule has 37 heavy (non-hydrogen) atoms. The lowest BCUT2D eigenvalue weighted by molar-refractivity contribution is -0.284. The van der Waals surface area contributed by atoms with Gasteiger partial charge in [-0.05, 0) is 19.8 Å². The SMILES string of the molecule is C=C1C[C@](O)([C@H](O)C(=O)N/C=C/C(C)[C@@H](O)C(C)C(=O)N2CCC[C@H]2C(=O)NCC(N)=O)O[C@H](C)[C@@H]1C. The summed E-state index contributed by atoms with van der Waals surface area (Å²) in [4.78, 5) is 50.1. The van der Waals surface area contributed by atoms with E-state index in [4.69, 9.17) is 10.5 Å². The van der Waals surface area contributed by atoms with Crippen LogP contribution >= 0.6 is 0 Å². The third-order valence-electron chi connectivity index (χ3n) is 7.24. The molecule has 2 fully saturated rings. The molecule has 8 atom stereocenters. The van der Waals surface area contributed by atoms with E-state index in [1.807, 2.05) is 6.92 Å². The molecule has 0 aromatic carbocycles. The number of amides is 4. The highest BCUT2D eigenvalue weighted by molar-refractivity contribution is 5.91. The molecule has 12 nitrogen and oxygen atoms in total. The smallest absolute Gasteiger partial charge is 0.258 e. The van der Waals surface area contributed by atoms with E-state index >= 15 is 0 Å². The first-order valence-corrected chi connectivity index (χ1v) is 12.5. The Morgan fingerprint density at radius 2 is 1.92 bits per heavy atom. The lowest BCUT2D eigenvalue weighted by Gasteiger charge is -2.42. The minimum absolute atomic E-state index is 0.0390. The van der Waals surface area contributed by atoms with Crippen LogP contribution in [0.25, 0.3) is 0 Å². The molecule has 4 amide bonds. The first-order chi connectivity index (χ1) is 17.2. The summed E-state index contributed by atoms with van der Waals surface area (Å²) in [5, 5.41) is 36.6. The van der Waals surface area contributed by atoms with Crippen molar-refractivity contribution in [2.45, 2.75) is 77.1 Å². The van der Waals surface area contributed by atoms with E-state index in [9.17, 15) is 34.5 Å². The summed E-state index contributed by atoms with van der Waals surface area (Å²) in [6.07, 6.45) is 0.161. The number of nitrogens with one attached hydrogen (secondary N) is 2. The van der Waals surface area contributed by atoms with Gasteiger partial charge in [0.1, 0.15) is 6.04 Å². The topological polar surface area (TPSA) is 192 Å². The van der Waals surface area contributed by atoms with Crippen LogP contribution in [0.5, 0.6) is 0 Å². The van der Waals surface area contributed by atoms with Crippen molar-refractivity contribution in [3.05, 3.63) is 24.4 Å². The largest absolute Gasteiger partial charge is 0.392 e. The molecular formula is C25H40N4O8. The van der Waals surface area contributed by atoms with Crippen LogP contribution in [0.3, 0.4) is 0 Å². The molecule has 0 saturated carbocycles. The molecular weight excluding hydrogens is 484 g/mol. The molecule has 0 aromatic rings. The lowest BCUT2D eigenvalue weighted by Crippen LogP contribution is -2.57. The van der Waals surface area contributed by atoms with Crippen LogP contribution in [0, 0.1) is 17.8 Å². The van der Waals surface area contributed by atoms with Gasteiger partial charge in [-0.1, -0.05) is 39.0 Å². The Hall–Kier alpha value is -2.80. The molecule has 2 unspecified atom stereocenters. The van der Waals surface area contributed by atoms with E-state index in [0.717, 1.165) is 0 Å². The average Bonchev–Trinajstić information content (AvgIpc) is 3.33. The quantitative estimate of drug-likeness (QED) is 0.194. The Morgan fingerprint density at radius 3 is 2.51 bits per heavy atom. The van der Waals surface area contributed by atoms with Gasteiger partial charge < -0.3 is 41.3 Å². The number of nitrogens with two attached hydrogens (primary N) is 1. The Morgan fingerprint density at radius 1 is 1.27 bits per heavy atom. The molecule has 2 heterocycles.